The normalized spacial score (nSPS) is 11.5. The minimum absolute atomic E-state index is 0.0625. The second-order valence-electron chi connectivity index (χ2n) is 5.24. The van der Waals surface area contributed by atoms with Crippen LogP contribution in [0, 0.1) is 11.6 Å². The van der Waals surface area contributed by atoms with Gasteiger partial charge in [0.05, 0.1) is 5.56 Å². The molecule has 1 atom stereocenters. The maximum atomic E-state index is 13.3. The van der Waals surface area contributed by atoms with E-state index in [1.807, 2.05) is 5.32 Å². The van der Waals surface area contributed by atoms with Gasteiger partial charge in [0.2, 0.25) is 5.91 Å². The smallest absolute Gasteiger partial charge is 0.405 e. The van der Waals surface area contributed by atoms with Crippen molar-refractivity contribution < 1.29 is 28.3 Å². The lowest BCUT2D eigenvalue weighted by Crippen LogP contribution is -2.45. The first-order valence-electron chi connectivity index (χ1n) is 7.26. The van der Waals surface area contributed by atoms with E-state index in [1.165, 1.54) is 18.3 Å². The standard InChI is InChI=1S/C16H14F2N4O4/c17-9-4-8(5-10(18)7-9)6-12(21-16(25)26)15(24)22-14-11(13(19)23)2-1-3-20-14/h1-5,7,12,21H,6H2,(H2,19,23)(H,25,26)(H,20,22,24). The van der Waals surface area contributed by atoms with Crippen LogP contribution in [0.2, 0.25) is 0 Å². The van der Waals surface area contributed by atoms with E-state index in [2.05, 4.69) is 10.3 Å². The van der Waals surface area contributed by atoms with Crippen LogP contribution in [0.1, 0.15) is 15.9 Å². The molecule has 1 unspecified atom stereocenters. The Balaban J connectivity index is 2.24. The number of carbonyl (C=O) groups excluding carboxylic acids is 2. The molecule has 10 heteroatoms. The zero-order valence-electron chi connectivity index (χ0n) is 13.2. The Kier molecular flexibility index (Phi) is 5.78. The molecule has 0 bridgehead atoms. The first kappa shape index (κ1) is 18.8. The number of pyridine rings is 1. The molecule has 0 saturated heterocycles. The minimum Gasteiger partial charge on any atom is -0.465 e. The summed E-state index contributed by atoms with van der Waals surface area (Å²) >= 11 is 0. The summed E-state index contributed by atoms with van der Waals surface area (Å²) in [6, 6.07) is 3.96. The highest BCUT2D eigenvalue weighted by Crippen LogP contribution is 2.14. The number of hydrogen-bond donors (Lipinski definition) is 4. The number of nitrogens with one attached hydrogen (secondary N) is 2. The van der Waals surface area contributed by atoms with E-state index < -0.39 is 35.6 Å². The third kappa shape index (κ3) is 4.97. The third-order valence-corrected chi connectivity index (χ3v) is 3.29. The Morgan fingerprint density at radius 2 is 1.85 bits per heavy atom. The summed E-state index contributed by atoms with van der Waals surface area (Å²) in [4.78, 5) is 38.5. The average molecular weight is 364 g/mol. The van der Waals surface area contributed by atoms with E-state index in [4.69, 9.17) is 10.8 Å². The van der Waals surface area contributed by atoms with Crippen molar-refractivity contribution in [3.05, 3.63) is 59.3 Å². The van der Waals surface area contributed by atoms with Gasteiger partial charge < -0.3 is 21.5 Å². The lowest BCUT2D eigenvalue weighted by atomic mass is 10.0. The molecule has 0 radical (unpaired) electrons. The molecule has 1 aromatic heterocycles. The van der Waals surface area contributed by atoms with Crippen molar-refractivity contribution in [3.63, 3.8) is 0 Å². The molecule has 8 nitrogen and oxygen atoms in total. The highest BCUT2D eigenvalue weighted by molar-refractivity contribution is 6.03. The van der Waals surface area contributed by atoms with Gasteiger partial charge in [-0.1, -0.05) is 0 Å². The van der Waals surface area contributed by atoms with Gasteiger partial charge in [-0.3, -0.25) is 9.59 Å². The number of aromatic nitrogens is 1. The molecule has 0 aliphatic rings. The zero-order chi connectivity index (χ0) is 19.3. The van der Waals surface area contributed by atoms with Crippen molar-refractivity contribution in [3.8, 4) is 0 Å². The van der Waals surface area contributed by atoms with Gasteiger partial charge in [-0.25, -0.2) is 18.6 Å². The molecule has 26 heavy (non-hydrogen) atoms. The summed E-state index contributed by atoms with van der Waals surface area (Å²) in [5.41, 5.74) is 5.17. The summed E-state index contributed by atoms with van der Waals surface area (Å²) in [5.74, 6) is -3.61. The molecule has 1 aromatic carbocycles. The maximum Gasteiger partial charge on any atom is 0.405 e. The molecule has 0 saturated carbocycles. The summed E-state index contributed by atoms with van der Waals surface area (Å²) in [7, 11) is 0. The number of benzene rings is 1. The Morgan fingerprint density at radius 1 is 1.19 bits per heavy atom. The van der Waals surface area contributed by atoms with Gasteiger partial charge in [0.15, 0.2) is 0 Å². The number of amides is 3. The monoisotopic (exact) mass is 364 g/mol. The number of halogens is 2. The van der Waals surface area contributed by atoms with Crippen molar-refractivity contribution in [2.75, 3.05) is 5.32 Å². The molecule has 2 aromatic rings. The van der Waals surface area contributed by atoms with Crippen LogP contribution < -0.4 is 16.4 Å². The Morgan fingerprint density at radius 3 is 2.42 bits per heavy atom. The van der Waals surface area contributed by atoms with Gasteiger partial charge in [-0.2, -0.15) is 0 Å². The van der Waals surface area contributed by atoms with Gasteiger partial charge in [0, 0.05) is 18.7 Å². The fourth-order valence-corrected chi connectivity index (χ4v) is 2.23. The molecule has 0 aliphatic carbocycles. The van der Waals surface area contributed by atoms with E-state index in [1.54, 1.807) is 0 Å². The SMILES string of the molecule is NC(=O)c1cccnc1NC(=O)C(Cc1cc(F)cc(F)c1)NC(=O)O. The number of nitrogens with zero attached hydrogens (tertiary/aromatic N) is 1. The second-order valence-corrected chi connectivity index (χ2v) is 5.24. The molecular formula is C16H14F2N4O4. The lowest BCUT2D eigenvalue weighted by Gasteiger charge is -2.17. The predicted octanol–water partition coefficient (Wildman–Crippen LogP) is 1.28. The summed E-state index contributed by atoms with van der Waals surface area (Å²) < 4.78 is 26.6. The Labute approximate surface area is 146 Å². The first-order valence-corrected chi connectivity index (χ1v) is 7.26. The molecule has 0 fully saturated rings. The van der Waals surface area contributed by atoms with Gasteiger partial charge in [-0.15, -0.1) is 0 Å². The molecule has 1 heterocycles. The number of nitrogens with two attached hydrogens (primary N) is 1. The van der Waals surface area contributed by atoms with Crippen molar-refractivity contribution >= 4 is 23.7 Å². The van der Waals surface area contributed by atoms with Crippen LogP contribution in [0.15, 0.2) is 36.5 Å². The maximum absolute atomic E-state index is 13.3. The van der Waals surface area contributed by atoms with Crippen molar-refractivity contribution in [1.29, 1.82) is 0 Å². The quantitative estimate of drug-likeness (QED) is 0.612. The largest absolute Gasteiger partial charge is 0.465 e. The number of hydrogen-bond acceptors (Lipinski definition) is 4. The van der Waals surface area contributed by atoms with E-state index in [0.29, 0.717) is 6.07 Å². The highest BCUT2D eigenvalue weighted by atomic mass is 19.1. The summed E-state index contributed by atoms with van der Waals surface area (Å²) in [5, 5.41) is 13.1. The number of rotatable bonds is 6. The van der Waals surface area contributed by atoms with Crippen molar-refractivity contribution in [2.45, 2.75) is 12.5 Å². The van der Waals surface area contributed by atoms with E-state index in [9.17, 15) is 23.2 Å². The fourth-order valence-electron chi connectivity index (χ4n) is 2.23. The minimum atomic E-state index is -1.52. The van der Waals surface area contributed by atoms with E-state index in [-0.39, 0.29) is 23.4 Å². The Bertz CT molecular complexity index is 840. The number of anilines is 1. The fraction of sp³-hybridized carbons (Fsp3) is 0.125. The molecule has 0 spiro atoms. The second kappa shape index (κ2) is 8.01. The van der Waals surface area contributed by atoms with Crippen LogP contribution in [0.25, 0.3) is 0 Å². The van der Waals surface area contributed by atoms with Gasteiger partial charge in [0.1, 0.15) is 23.5 Å². The Hall–Kier alpha value is -3.56. The third-order valence-electron chi connectivity index (χ3n) is 3.29. The predicted molar refractivity (Wildman–Crippen MR) is 86.4 cm³/mol. The molecule has 5 N–H and O–H groups in total. The van der Waals surface area contributed by atoms with Crippen LogP contribution in [-0.2, 0) is 11.2 Å². The highest BCUT2D eigenvalue weighted by Gasteiger charge is 2.23. The zero-order valence-corrected chi connectivity index (χ0v) is 13.2. The number of primary amides is 1. The number of carbonyl (C=O) groups is 3. The lowest BCUT2D eigenvalue weighted by molar-refractivity contribution is -0.118. The van der Waals surface area contributed by atoms with Gasteiger partial charge in [0.25, 0.3) is 5.91 Å². The van der Waals surface area contributed by atoms with E-state index >= 15 is 0 Å². The van der Waals surface area contributed by atoms with Gasteiger partial charge >= 0.3 is 6.09 Å². The van der Waals surface area contributed by atoms with Crippen LogP contribution in [0.4, 0.5) is 19.4 Å². The van der Waals surface area contributed by atoms with Crippen LogP contribution >= 0.6 is 0 Å². The van der Waals surface area contributed by atoms with Crippen LogP contribution in [-0.4, -0.2) is 34.0 Å². The summed E-state index contributed by atoms with van der Waals surface area (Å²) in [6.07, 6.45) is -0.548. The molecule has 3 amide bonds. The van der Waals surface area contributed by atoms with Crippen LogP contribution in [0.3, 0.4) is 0 Å². The first-order chi connectivity index (χ1) is 12.3. The molecule has 136 valence electrons. The van der Waals surface area contributed by atoms with Gasteiger partial charge in [-0.05, 0) is 29.8 Å². The molecular weight excluding hydrogens is 350 g/mol. The van der Waals surface area contributed by atoms with Crippen molar-refractivity contribution in [1.82, 2.24) is 10.3 Å². The van der Waals surface area contributed by atoms with Crippen LogP contribution in [0.5, 0.6) is 0 Å². The average Bonchev–Trinajstić information content (AvgIpc) is 2.53. The van der Waals surface area contributed by atoms with E-state index in [0.717, 1.165) is 12.1 Å². The van der Waals surface area contributed by atoms with Crippen molar-refractivity contribution in [2.24, 2.45) is 5.73 Å². The molecule has 2 rings (SSSR count). The topological polar surface area (TPSA) is 134 Å². The summed E-state index contributed by atoms with van der Waals surface area (Å²) in [6.45, 7) is 0. The molecule has 0 aliphatic heterocycles. The number of carboxylic acid groups (broad SMARTS) is 1.